The van der Waals surface area contributed by atoms with Crippen molar-refractivity contribution in [1.29, 1.82) is 0 Å². The van der Waals surface area contributed by atoms with E-state index < -0.39 is 12.0 Å². The van der Waals surface area contributed by atoms with Gasteiger partial charge in [0.15, 0.2) is 0 Å². The zero-order valence-electron chi connectivity index (χ0n) is 17.4. The molecule has 1 amide bonds. The first-order chi connectivity index (χ1) is 15.2. The number of carbonyl (C=O) groups excluding carboxylic acids is 1. The third-order valence-corrected chi connectivity index (χ3v) is 5.06. The molecule has 0 unspecified atom stereocenters. The van der Waals surface area contributed by atoms with Crippen LogP contribution in [0.5, 0.6) is 0 Å². The first-order valence-electron chi connectivity index (χ1n) is 9.82. The van der Waals surface area contributed by atoms with Gasteiger partial charge in [0.25, 0.3) is 11.6 Å². The van der Waals surface area contributed by atoms with Crippen molar-refractivity contribution in [3.8, 4) is 0 Å². The third kappa shape index (κ3) is 4.61. The molecular formula is C21H20F3N7O. The van der Waals surface area contributed by atoms with E-state index in [1.807, 2.05) is 41.2 Å². The average Bonchev–Trinajstić information content (AvgIpc) is 3.40. The smallest absolute Gasteiger partial charge is 0.352 e. The molecule has 0 radical (unpaired) electrons. The largest absolute Gasteiger partial charge is 0.453 e. The Morgan fingerprint density at radius 3 is 2.47 bits per heavy atom. The molecule has 0 aliphatic heterocycles. The Balaban J connectivity index is 1.41. The fourth-order valence-electron chi connectivity index (χ4n) is 3.35. The number of hydrogen-bond donors (Lipinski definition) is 1. The summed E-state index contributed by atoms with van der Waals surface area (Å²) in [5.41, 5.74) is 3.36. The van der Waals surface area contributed by atoms with Crippen molar-refractivity contribution in [2.24, 2.45) is 0 Å². The SMILES string of the molecule is Cc1nc2nc(C(F)(F)F)nn2c(C)c1CC(=O)NCc1ccc(Cn2cccn2)cc1. The number of carbonyl (C=O) groups is 1. The van der Waals surface area contributed by atoms with E-state index in [0.29, 0.717) is 30.0 Å². The number of rotatable bonds is 6. The highest BCUT2D eigenvalue weighted by Gasteiger charge is 2.37. The van der Waals surface area contributed by atoms with Crippen LogP contribution >= 0.6 is 0 Å². The topological polar surface area (TPSA) is 90.0 Å². The van der Waals surface area contributed by atoms with Crippen LogP contribution in [0.4, 0.5) is 13.2 Å². The minimum atomic E-state index is -4.67. The van der Waals surface area contributed by atoms with Crippen molar-refractivity contribution in [1.82, 2.24) is 34.7 Å². The van der Waals surface area contributed by atoms with Crippen LogP contribution in [0, 0.1) is 13.8 Å². The number of nitrogens with one attached hydrogen (secondary N) is 1. The van der Waals surface area contributed by atoms with Gasteiger partial charge >= 0.3 is 6.18 Å². The lowest BCUT2D eigenvalue weighted by Gasteiger charge is -2.11. The summed E-state index contributed by atoms with van der Waals surface area (Å²) in [7, 11) is 0. The molecule has 0 saturated carbocycles. The van der Waals surface area contributed by atoms with Crippen LogP contribution in [0.1, 0.15) is 33.9 Å². The molecule has 32 heavy (non-hydrogen) atoms. The summed E-state index contributed by atoms with van der Waals surface area (Å²) in [4.78, 5) is 20.0. The summed E-state index contributed by atoms with van der Waals surface area (Å²) in [5, 5.41) is 10.5. The maximum absolute atomic E-state index is 12.9. The predicted octanol–water partition coefficient (Wildman–Crippen LogP) is 2.86. The number of aromatic nitrogens is 6. The lowest BCUT2D eigenvalue weighted by molar-refractivity contribution is -0.144. The number of amides is 1. The van der Waals surface area contributed by atoms with Gasteiger partial charge in [0, 0.05) is 35.9 Å². The van der Waals surface area contributed by atoms with Crippen LogP contribution in [0.2, 0.25) is 0 Å². The summed E-state index contributed by atoms with van der Waals surface area (Å²) in [6, 6.07) is 9.66. The molecule has 3 aromatic heterocycles. The van der Waals surface area contributed by atoms with E-state index in [4.69, 9.17) is 0 Å². The second-order valence-electron chi connectivity index (χ2n) is 7.38. The van der Waals surface area contributed by atoms with Gasteiger partial charge in [0.2, 0.25) is 5.91 Å². The average molecular weight is 443 g/mol. The zero-order valence-corrected chi connectivity index (χ0v) is 17.4. The Hall–Kier alpha value is -3.76. The standard InChI is InChI=1S/C21H20F3N7O/c1-13-17(14(2)31-20(27-13)28-19(29-31)21(22,23)24)10-18(32)25-11-15-4-6-16(7-5-15)12-30-9-3-8-26-30/h3-9H,10-12H2,1-2H3,(H,25,32). The highest BCUT2D eigenvalue weighted by atomic mass is 19.4. The number of alkyl halides is 3. The molecule has 3 heterocycles. The number of nitrogens with zero attached hydrogens (tertiary/aromatic N) is 6. The maximum Gasteiger partial charge on any atom is 0.453 e. The van der Waals surface area contributed by atoms with Crippen LogP contribution in [0.15, 0.2) is 42.7 Å². The quantitative estimate of drug-likeness (QED) is 0.495. The van der Waals surface area contributed by atoms with Gasteiger partial charge in [-0.15, -0.1) is 5.10 Å². The second-order valence-corrected chi connectivity index (χ2v) is 7.38. The second kappa shape index (κ2) is 8.40. The summed E-state index contributed by atoms with van der Waals surface area (Å²) in [6.45, 7) is 4.22. The predicted molar refractivity (Wildman–Crippen MR) is 109 cm³/mol. The normalized spacial score (nSPS) is 11.8. The van der Waals surface area contributed by atoms with Crippen LogP contribution in [-0.2, 0) is 30.5 Å². The monoisotopic (exact) mass is 443 g/mol. The van der Waals surface area contributed by atoms with Crippen molar-refractivity contribution in [2.75, 3.05) is 0 Å². The van der Waals surface area contributed by atoms with Crippen LogP contribution in [0.25, 0.3) is 5.78 Å². The minimum Gasteiger partial charge on any atom is -0.352 e. The van der Waals surface area contributed by atoms with E-state index in [2.05, 4.69) is 25.5 Å². The highest BCUT2D eigenvalue weighted by molar-refractivity contribution is 5.79. The lowest BCUT2D eigenvalue weighted by atomic mass is 10.1. The molecule has 4 aromatic rings. The van der Waals surface area contributed by atoms with E-state index in [9.17, 15) is 18.0 Å². The highest BCUT2D eigenvalue weighted by Crippen LogP contribution is 2.27. The van der Waals surface area contributed by atoms with Crippen molar-refractivity contribution >= 4 is 11.7 Å². The Kier molecular flexibility index (Phi) is 5.64. The van der Waals surface area contributed by atoms with Crippen molar-refractivity contribution in [3.63, 3.8) is 0 Å². The molecule has 1 N–H and O–H groups in total. The lowest BCUT2D eigenvalue weighted by Crippen LogP contribution is -2.26. The van der Waals surface area contributed by atoms with Gasteiger partial charge in [-0.25, -0.2) is 9.50 Å². The van der Waals surface area contributed by atoms with Crippen LogP contribution in [-0.4, -0.2) is 35.3 Å². The van der Waals surface area contributed by atoms with Gasteiger partial charge in [0.1, 0.15) is 0 Å². The van der Waals surface area contributed by atoms with Gasteiger partial charge < -0.3 is 5.32 Å². The summed E-state index contributed by atoms with van der Waals surface area (Å²) >= 11 is 0. The van der Waals surface area contributed by atoms with Gasteiger partial charge in [-0.1, -0.05) is 24.3 Å². The van der Waals surface area contributed by atoms with E-state index >= 15 is 0 Å². The van der Waals surface area contributed by atoms with Crippen molar-refractivity contribution in [3.05, 3.63) is 76.6 Å². The molecule has 0 aliphatic carbocycles. The Labute approximate surface area is 181 Å². The first kappa shape index (κ1) is 21.5. The molecule has 4 rings (SSSR count). The molecule has 0 aliphatic rings. The molecule has 1 aromatic carbocycles. The number of hydrogen-bond acceptors (Lipinski definition) is 5. The number of halogens is 3. The Morgan fingerprint density at radius 2 is 1.81 bits per heavy atom. The number of fused-ring (bicyclic) bond motifs is 1. The van der Waals surface area contributed by atoms with Gasteiger partial charge in [-0.3, -0.25) is 9.48 Å². The van der Waals surface area contributed by atoms with Crippen molar-refractivity contribution in [2.45, 2.75) is 39.5 Å². The molecule has 0 bridgehead atoms. The molecule has 0 atom stereocenters. The summed E-state index contributed by atoms with van der Waals surface area (Å²) in [6.07, 6.45) is -1.09. The van der Waals surface area contributed by atoms with E-state index in [-0.39, 0.29) is 18.1 Å². The van der Waals surface area contributed by atoms with Gasteiger partial charge in [0.05, 0.1) is 13.0 Å². The molecule has 11 heteroatoms. The Morgan fingerprint density at radius 1 is 1.09 bits per heavy atom. The van der Waals surface area contributed by atoms with E-state index in [0.717, 1.165) is 15.6 Å². The summed E-state index contributed by atoms with van der Waals surface area (Å²) in [5.74, 6) is -1.68. The van der Waals surface area contributed by atoms with E-state index in [1.165, 1.54) is 0 Å². The van der Waals surface area contributed by atoms with Gasteiger partial charge in [-0.2, -0.15) is 23.3 Å². The third-order valence-electron chi connectivity index (χ3n) is 5.06. The van der Waals surface area contributed by atoms with Crippen molar-refractivity contribution < 1.29 is 18.0 Å². The fraction of sp³-hybridized carbons (Fsp3) is 0.286. The van der Waals surface area contributed by atoms with Gasteiger partial charge in [-0.05, 0) is 31.0 Å². The van der Waals surface area contributed by atoms with E-state index in [1.54, 1.807) is 20.0 Å². The fourth-order valence-corrected chi connectivity index (χ4v) is 3.35. The first-order valence-corrected chi connectivity index (χ1v) is 9.82. The molecule has 8 nitrogen and oxygen atoms in total. The molecular weight excluding hydrogens is 423 g/mol. The number of benzene rings is 1. The minimum absolute atomic E-state index is 0.0286. The molecule has 0 saturated heterocycles. The molecule has 0 spiro atoms. The maximum atomic E-state index is 12.9. The van der Waals surface area contributed by atoms with Crippen LogP contribution in [0.3, 0.4) is 0 Å². The number of aryl methyl sites for hydroxylation is 2. The Bertz CT molecular complexity index is 1250. The van der Waals surface area contributed by atoms with Crippen LogP contribution < -0.4 is 5.32 Å². The molecule has 0 fully saturated rings. The molecule has 166 valence electrons. The zero-order chi connectivity index (χ0) is 22.9. The summed E-state index contributed by atoms with van der Waals surface area (Å²) < 4.78 is 41.6.